The van der Waals surface area contributed by atoms with Crippen LogP contribution in [0.15, 0.2) is 24.3 Å². The van der Waals surface area contributed by atoms with Gasteiger partial charge in [0.15, 0.2) is 0 Å². The Balaban J connectivity index is 2.78. The van der Waals surface area contributed by atoms with E-state index in [1.165, 1.54) is 12.1 Å². The van der Waals surface area contributed by atoms with Gasteiger partial charge in [-0.05, 0) is 24.3 Å². The molecule has 0 saturated carbocycles. The van der Waals surface area contributed by atoms with Gasteiger partial charge in [0.2, 0.25) is 10.2 Å². The third-order valence-electron chi connectivity index (χ3n) is 1.94. The van der Waals surface area contributed by atoms with E-state index in [1.54, 1.807) is 12.1 Å². The van der Waals surface area contributed by atoms with Gasteiger partial charge in [0, 0.05) is 10.6 Å². The SMILES string of the molecule is O=CNC(NC(=O)c1ccc(Cl)cc1)C(Cl)(Cl)Cl. The zero-order valence-corrected chi connectivity index (χ0v) is 11.8. The van der Waals surface area contributed by atoms with Gasteiger partial charge >= 0.3 is 0 Å². The molecule has 1 atom stereocenters. The fraction of sp³-hybridized carbons (Fsp3) is 0.200. The molecule has 0 aliphatic carbocycles. The molecule has 4 nitrogen and oxygen atoms in total. The van der Waals surface area contributed by atoms with E-state index >= 15 is 0 Å². The lowest BCUT2D eigenvalue weighted by atomic mass is 10.2. The molecule has 8 heteroatoms. The molecule has 0 aliphatic heterocycles. The van der Waals surface area contributed by atoms with Gasteiger partial charge < -0.3 is 10.6 Å². The van der Waals surface area contributed by atoms with Gasteiger partial charge in [-0.2, -0.15) is 0 Å². The summed E-state index contributed by atoms with van der Waals surface area (Å²) in [5.41, 5.74) is 0.325. The summed E-state index contributed by atoms with van der Waals surface area (Å²) in [6.07, 6.45) is -0.808. The number of rotatable bonds is 4. The van der Waals surface area contributed by atoms with E-state index in [0.29, 0.717) is 17.0 Å². The fourth-order valence-electron chi connectivity index (χ4n) is 1.10. The van der Waals surface area contributed by atoms with Crippen molar-refractivity contribution >= 4 is 58.7 Å². The third-order valence-corrected chi connectivity index (χ3v) is 2.85. The van der Waals surface area contributed by atoms with E-state index in [9.17, 15) is 9.59 Å². The van der Waals surface area contributed by atoms with E-state index in [0.717, 1.165) is 0 Å². The molecular formula is C10H8Cl4N2O2. The van der Waals surface area contributed by atoms with Crippen molar-refractivity contribution in [1.82, 2.24) is 10.6 Å². The second kappa shape index (κ2) is 6.48. The number of benzene rings is 1. The van der Waals surface area contributed by atoms with Crippen LogP contribution in [-0.4, -0.2) is 22.3 Å². The maximum Gasteiger partial charge on any atom is 0.252 e. The standard InChI is InChI=1S/C10H8Cl4N2O2/c11-7-3-1-6(2-4-7)8(18)16-9(15-5-17)10(12,13)14/h1-5,9H,(H,15,17)(H,16,18). The molecule has 1 rings (SSSR count). The molecule has 98 valence electrons. The minimum absolute atomic E-state index is 0.325. The first-order chi connectivity index (χ1) is 8.34. The Morgan fingerprint density at radius 3 is 2.22 bits per heavy atom. The highest BCUT2D eigenvalue weighted by Gasteiger charge is 2.33. The third kappa shape index (κ3) is 4.53. The molecule has 0 heterocycles. The lowest BCUT2D eigenvalue weighted by Gasteiger charge is -2.24. The Morgan fingerprint density at radius 1 is 1.22 bits per heavy atom. The van der Waals surface area contributed by atoms with Crippen molar-refractivity contribution in [2.24, 2.45) is 0 Å². The summed E-state index contributed by atoms with van der Waals surface area (Å²) in [7, 11) is 0. The molecule has 2 N–H and O–H groups in total. The second-order valence-electron chi connectivity index (χ2n) is 3.24. The molecule has 1 unspecified atom stereocenters. The first-order valence-corrected chi connectivity index (χ1v) is 6.18. The van der Waals surface area contributed by atoms with Crippen LogP contribution in [0, 0.1) is 0 Å². The number of carbonyl (C=O) groups excluding carboxylic acids is 2. The molecule has 0 saturated heterocycles. The largest absolute Gasteiger partial charge is 0.335 e. The zero-order valence-electron chi connectivity index (χ0n) is 8.79. The minimum Gasteiger partial charge on any atom is -0.335 e. The van der Waals surface area contributed by atoms with Crippen LogP contribution >= 0.6 is 46.4 Å². The maximum atomic E-state index is 11.8. The number of alkyl halides is 3. The second-order valence-corrected chi connectivity index (χ2v) is 6.04. The highest BCUT2D eigenvalue weighted by atomic mass is 35.6. The summed E-state index contributed by atoms with van der Waals surface area (Å²) in [6.45, 7) is 0. The van der Waals surface area contributed by atoms with Gasteiger partial charge in [-0.25, -0.2) is 0 Å². The summed E-state index contributed by atoms with van der Waals surface area (Å²) in [6, 6.07) is 6.12. The zero-order chi connectivity index (χ0) is 13.8. The highest BCUT2D eigenvalue weighted by molar-refractivity contribution is 6.68. The lowest BCUT2D eigenvalue weighted by molar-refractivity contribution is -0.110. The maximum absolute atomic E-state index is 11.8. The molecule has 2 amide bonds. The van der Waals surface area contributed by atoms with Crippen molar-refractivity contribution in [3.8, 4) is 0 Å². The van der Waals surface area contributed by atoms with Gasteiger partial charge in [-0.1, -0.05) is 46.4 Å². The van der Waals surface area contributed by atoms with E-state index in [-0.39, 0.29) is 0 Å². The van der Waals surface area contributed by atoms with Crippen molar-refractivity contribution in [3.63, 3.8) is 0 Å². The Hall–Kier alpha value is -0.680. The molecule has 0 aromatic heterocycles. The van der Waals surface area contributed by atoms with Crippen LogP contribution < -0.4 is 10.6 Å². The van der Waals surface area contributed by atoms with E-state index in [2.05, 4.69) is 10.6 Å². The van der Waals surface area contributed by atoms with Gasteiger partial charge in [-0.3, -0.25) is 9.59 Å². The Morgan fingerprint density at radius 2 is 1.78 bits per heavy atom. The normalized spacial score (nSPS) is 12.7. The van der Waals surface area contributed by atoms with E-state index in [1.807, 2.05) is 0 Å². The van der Waals surface area contributed by atoms with Crippen LogP contribution in [0.2, 0.25) is 5.02 Å². The number of hydrogen-bond donors (Lipinski definition) is 2. The van der Waals surface area contributed by atoms with Crippen molar-refractivity contribution in [3.05, 3.63) is 34.9 Å². The highest BCUT2D eigenvalue weighted by Crippen LogP contribution is 2.29. The quantitative estimate of drug-likeness (QED) is 0.506. The molecule has 1 aromatic carbocycles. The number of nitrogens with one attached hydrogen (secondary N) is 2. The summed E-state index contributed by atoms with van der Waals surface area (Å²) >= 11 is 22.5. The van der Waals surface area contributed by atoms with E-state index < -0.39 is 15.9 Å². The molecule has 0 bridgehead atoms. The first-order valence-electron chi connectivity index (χ1n) is 4.67. The van der Waals surface area contributed by atoms with Crippen LogP contribution in [0.1, 0.15) is 10.4 Å². The number of carbonyl (C=O) groups is 2. The molecule has 0 fully saturated rings. The van der Waals surface area contributed by atoms with Crippen molar-refractivity contribution in [2.45, 2.75) is 9.96 Å². The van der Waals surface area contributed by atoms with Crippen molar-refractivity contribution < 1.29 is 9.59 Å². The van der Waals surface area contributed by atoms with Crippen LogP contribution in [0.25, 0.3) is 0 Å². The predicted molar refractivity (Wildman–Crippen MR) is 72.2 cm³/mol. The average Bonchev–Trinajstić information content (AvgIpc) is 2.28. The molecular weight excluding hydrogens is 322 g/mol. The lowest BCUT2D eigenvalue weighted by Crippen LogP contribution is -2.52. The van der Waals surface area contributed by atoms with E-state index in [4.69, 9.17) is 46.4 Å². The van der Waals surface area contributed by atoms with Gasteiger partial charge in [0.25, 0.3) is 5.91 Å². The monoisotopic (exact) mass is 328 g/mol. The number of amides is 2. The molecule has 1 aromatic rings. The van der Waals surface area contributed by atoms with Crippen molar-refractivity contribution in [2.75, 3.05) is 0 Å². The van der Waals surface area contributed by atoms with Gasteiger partial charge in [0.05, 0.1) is 0 Å². The number of hydrogen-bond acceptors (Lipinski definition) is 2. The van der Waals surface area contributed by atoms with Crippen LogP contribution in [0.4, 0.5) is 0 Å². The molecule has 0 radical (unpaired) electrons. The summed E-state index contributed by atoms with van der Waals surface area (Å²) in [5.74, 6) is -0.502. The summed E-state index contributed by atoms with van der Waals surface area (Å²) in [5, 5.41) is 5.07. The Kier molecular flexibility index (Phi) is 5.53. The fourth-order valence-corrected chi connectivity index (χ4v) is 1.58. The molecule has 0 aliphatic rings. The van der Waals surface area contributed by atoms with Crippen molar-refractivity contribution in [1.29, 1.82) is 0 Å². The first kappa shape index (κ1) is 15.4. The predicted octanol–water partition coefficient (Wildman–Crippen LogP) is 2.51. The summed E-state index contributed by atoms with van der Waals surface area (Å²) < 4.78 is -1.86. The Labute approximate surface area is 124 Å². The smallest absolute Gasteiger partial charge is 0.252 e. The van der Waals surface area contributed by atoms with Crippen LogP contribution in [-0.2, 0) is 4.79 Å². The Bertz CT molecular complexity index is 430. The van der Waals surface area contributed by atoms with Gasteiger partial charge in [-0.15, -0.1) is 0 Å². The summed E-state index contributed by atoms with van der Waals surface area (Å²) in [4.78, 5) is 22.2. The topological polar surface area (TPSA) is 58.2 Å². The van der Waals surface area contributed by atoms with Gasteiger partial charge in [0.1, 0.15) is 6.17 Å². The van der Waals surface area contributed by atoms with Crippen LogP contribution in [0.5, 0.6) is 0 Å². The number of halogens is 4. The molecule has 18 heavy (non-hydrogen) atoms. The minimum atomic E-state index is -1.86. The molecule has 0 spiro atoms. The van der Waals surface area contributed by atoms with Crippen LogP contribution in [0.3, 0.4) is 0 Å². The average molecular weight is 330 g/mol.